The highest BCUT2D eigenvalue weighted by atomic mass is 16.5. The number of rotatable bonds is 8. The predicted molar refractivity (Wildman–Crippen MR) is 115 cm³/mol. The smallest absolute Gasteiger partial charge is 0.338 e. The van der Waals surface area contributed by atoms with Crippen LogP contribution in [0.2, 0.25) is 0 Å². The molecule has 7 nitrogen and oxygen atoms in total. The summed E-state index contributed by atoms with van der Waals surface area (Å²) in [4.78, 5) is 52.9. The highest BCUT2D eigenvalue weighted by molar-refractivity contribution is 6.23. The van der Waals surface area contributed by atoms with Gasteiger partial charge in [-0.1, -0.05) is 36.4 Å². The molecule has 1 aliphatic heterocycles. The van der Waals surface area contributed by atoms with Gasteiger partial charge in [-0.25, -0.2) is 9.69 Å². The molecule has 0 spiro atoms. The Kier molecular flexibility index (Phi) is 6.97. The third-order valence-electron chi connectivity index (χ3n) is 4.98. The third kappa shape index (κ3) is 4.88. The number of amides is 3. The van der Waals surface area contributed by atoms with E-state index in [0.29, 0.717) is 11.3 Å². The van der Waals surface area contributed by atoms with Gasteiger partial charge in [0.05, 0.1) is 30.7 Å². The molecule has 0 bridgehead atoms. The van der Waals surface area contributed by atoms with Crippen LogP contribution < -0.4 is 4.90 Å². The molecule has 0 aromatic heterocycles. The number of nitrogens with zero attached hydrogens (tertiary/aromatic N) is 2. The molecule has 0 aliphatic carbocycles. The van der Waals surface area contributed by atoms with E-state index in [4.69, 9.17) is 4.74 Å². The number of carbonyl (C=O) groups is 4. The van der Waals surface area contributed by atoms with Crippen molar-refractivity contribution in [3.05, 3.63) is 78.4 Å². The minimum atomic E-state index is -0.897. The molecule has 0 N–H and O–H groups in total. The first kappa shape index (κ1) is 22.0. The lowest BCUT2D eigenvalue weighted by atomic mass is 10.1. The molecule has 0 saturated carbocycles. The van der Waals surface area contributed by atoms with Crippen LogP contribution in [-0.2, 0) is 25.5 Å². The van der Waals surface area contributed by atoms with Crippen molar-refractivity contribution < 1.29 is 23.9 Å². The van der Waals surface area contributed by atoms with Crippen LogP contribution in [0.15, 0.2) is 67.3 Å². The van der Waals surface area contributed by atoms with Gasteiger partial charge < -0.3 is 9.64 Å². The molecule has 1 fully saturated rings. The summed E-state index contributed by atoms with van der Waals surface area (Å²) in [5, 5.41) is 0. The fourth-order valence-electron chi connectivity index (χ4n) is 3.51. The van der Waals surface area contributed by atoms with Crippen LogP contribution in [0.1, 0.15) is 29.3 Å². The number of imide groups is 1. The van der Waals surface area contributed by atoms with Crippen molar-refractivity contribution in [2.45, 2.75) is 25.8 Å². The van der Waals surface area contributed by atoms with Gasteiger partial charge in [-0.05, 0) is 36.8 Å². The second-order valence-electron chi connectivity index (χ2n) is 7.05. The van der Waals surface area contributed by atoms with Crippen molar-refractivity contribution in [2.24, 2.45) is 0 Å². The summed E-state index contributed by atoms with van der Waals surface area (Å²) < 4.78 is 4.95. The molecule has 1 heterocycles. The van der Waals surface area contributed by atoms with Crippen molar-refractivity contribution in [1.82, 2.24) is 4.90 Å². The highest BCUT2D eigenvalue weighted by Gasteiger charge is 2.44. The molecule has 1 aliphatic rings. The van der Waals surface area contributed by atoms with Gasteiger partial charge in [-0.2, -0.15) is 0 Å². The first-order valence-electron chi connectivity index (χ1n) is 10.0. The van der Waals surface area contributed by atoms with Crippen molar-refractivity contribution in [2.75, 3.05) is 18.1 Å². The zero-order valence-electron chi connectivity index (χ0n) is 17.3. The average molecular weight is 420 g/mol. The molecule has 7 heteroatoms. The fourth-order valence-corrected chi connectivity index (χ4v) is 3.51. The van der Waals surface area contributed by atoms with Gasteiger partial charge in [-0.3, -0.25) is 14.4 Å². The molecule has 3 amide bonds. The van der Waals surface area contributed by atoms with Crippen LogP contribution in [0.5, 0.6) is 0 Å². The zero-order chi connectivity index (χ0) is 22.4. The largest absolute Gasteiger partial charge is 0.462 e. The van der Waals surface area contributed by atoms with Gasteiger partial charge in [0, 0.05) is 6.54 Å². The quantitative estimate of drug-likeness (QED) is 0.373. The number of benzene rings is 2. The lowest BCUT2D eigenvalue weighted by molar-refractivity contribution is -0.137. The Morgan fingerprint density at radius 3 is 2.42 bits per heavy atom. The number of anilines is 1. The van der Waals surface area contributed by atoms with Crippen molar-refractivity contribution in [3.8, 4) is 0 Å². The number of hydrogen-bond donors (Lipinski definition) is 0. The van der Waals surface area contributed by atoms with Crippen LogP contribution in [0.25, 0.3) is 0 Å². The molecule has 1 unspecified atom stereocenters. The summed E-state index contributed by atoms with van der Waals surface area (Å²) in [6.45, 7) is 5.80. The summed E-state index contributed by atoms with van der Waals surface area (Å²) >= 11 is 0. The van der Waals surface area contributed by atoms with E-state index >= 15 is 0 Å². The normalized spacial score (nSPS) is 15.6. The van der Waals surface area contributed by atoms with Gasteiger partial charge in [0.15, 0.2) is 0 Å². The minimum absolute atomic E-state index is 0.104. The molecule has 2 aromatic carbocycles. The molecule has 0 radical (unpaired) electrons. The summed E-state index contributed by atoms with van der Waals surface area (Å²) in [5.41, 5.74) is 1.50. The Balaban J connectivity index is 1.79. The number of esters is 1. The Hall–Kier alpha value is -3.74. The van der Waals surface area contributed by atoms with E-state index in [1.807, 2.05) is 30.3 Å². The van der Waals surface area contributed by atoms with Gasteiger partial charge in [0.25, 0.3) is 5.91 Å². The Labute approximate surface area is 180 Å². The molecule has 160 valence electrons. The maximum Gasteiger partial charge on any atom is 0.338 e. The third-order valence-corrected chi connectivity index (χ3v) is 4.98. The van der Waals surface area contributed by atoms with Crippen molar-refractivity contribution in [3.63, 3.8) is 0 Å². The maximum atomic E-state index is 13.1. The Morgan fingerprint density at radius 1 is 1.13 bits per heavy atom. The first-order valence-corrected chi connectivity index (χ1v) is 10.0. The number of ether oxygens (including phenoxy) is 1. The van der Waals surface area contributed by atoms with E-state index in [9.17, 15) is 19.2 Å². The molecular formula is C24H24N2O5. The zero-order valence-corrected chi connectivity index (χ0v) is 17.3. The van der Waals surface area contributed by atoms with E-state index in [1.165, 1.54) is 35.2 Å². The van der Waals surface area contributed by atoms with E-state index < -0.39 is 23.8 Å². The topological polar surface area (TPSA) is 84.0 Å². The van der Waals surface area contributed by atoms with Crippen LogP contribution in [-0.4, -0.2) is 47.8 Å². The highest BCUT2D eigenvalue weighted by Crippen LogP contribution is 2.26. The van der Waals surface area contributed by atoms with Crippen molar-refractivity contribution in [1.29, 1.82) is 0 Å². The van der Waals surface area contributed by atoms with Gasteiger partial charge >= 0.3 is 5.97 Å². The lowest BCUT2D eigenvalue weighted by Crippen LogP contribution is -2.46. The monoisotopic (exact) mass is 420 g/mol. The minimum Gasteiger partial charge on any atom is -0.462 e. The molecule has 3 rings (SSSR count). The molecular weight excluding hydrogens is 396 g/mol. The lowest BCUT2D eigenvalue weighted by Gasteiger charge is -2.26. The maximum absolute atomic E-state index is 13.1. The summed E-state index contributed by atoms with van der Waals surface area (Å²) in [6.07, 6.45) is 1.56. The van der Waals surface area contributed by atoms with Gasteiger partial charge in [-0.15, -0.1) is 6.58 Å². The SMILES string of the molecule is C=CCN(C(=O)Cc1ccccc1)C1CC(=O)N(c2ccc(C(=O)OCC)cc2)C1=O. The average Bonchev–Trinajstić information content (AvgIpc) is 3.06. The molecule has 2 aromatic rings. The van der Waals surface area contributed by atoms with Gasteiger partial charge in [0.2, 0.25) is 11.8 Å². The first-order chi connectivity index (χ1) is 15.0. The Morgan fingerprint density at radius 2 is 1.81 bits per heavy atom. The summed E-state index contributed by atoms with van der Waals surface area (Å²) in [6, 6.07) is 14.4. The van der Waals surface area contributed by atoms with Crippen LogP contribution in [0, 0.1) is 0 Å². The second-order valence-corrected chi connectivity index (χ2v) is 7.05. The van der Waals surface area contributed by atoms with E-state index in [0.717, 1.165) is 10.5 Å². The standard InChI is InChI=1S/C24H24N2O5/c1-3-14-25(21(27)15-17-8-6-5-7-9-17)20-16-22(28)26(23(20)29)19-12-10-18(11-13-19)24(30)31-4-2/h3,5-13,20H,1,4,14-16H2,2H3. The molecule has 1 atom stereocenters. The molecule has 31 heavy (non-hydrogen) atoms. The summed E-state index contributed by atoms with van der Waals surface area (Å²) in [5.74, 6) is -1.61. The fraction of sp³-hybridized carbons (Fsp3) is 0.250. The van der Waals surface area contributed by atoms with Gasteiger partial charge in [0.1, 0.15) is 6.04 Å². The number of hydrogen-bond acceptors (Lipinski definition) is 5. The Bertz CT molecular complexity index is 985. The number of carbonyl (C=O) groups excluding carboxylic acids is 4. The second kappa shape index (κ2) is 9.84. The van der Waals surface area contributed by atoms with Crippen molar-refractivity contribution >= 4 is 29.4 Å². The van der Waals surface area contributed by atoms with Crippen LogP contribution >= 0.6 is 0 Å². The predicted octanol–water partition coefficient (Wildman–Crippen LogP) is 2.75. The van der Waals surface area contributed by atoms with Crippen LogP contribution in [0.4, 0.5) is 5.69 Å². The summed E-state index contributed by atoms with van der Waals surface area (Å²) in [7, 11) is 0. The van der Waals surface area contributed by atoms with E-state index in [2.05, 4.69) is 6.58 Å². The van der Waals surface area contributed by atoms with Crippen LogP contribution in [0.3, 0.4) is 0 Å². The van der Waals surface area contributed by atoms with E-state index in [1.54, 1.807) is 6.92 Å². The van der Waals surface area contributed by atoms with E-state index in [-0.39, 0.29) is 31.9 Å². The molecule has 1 saturated heterocycles.